The lowest BCUT2D eigenvalue weighted by atomic mass is 10.1. The van der Waals surface area contributed by atoms with Crippen LogP contribution < -0.4 is 10.5 Å². The molecular formula is C8H6F3NO. The van der Waals surface area contributed by atoms with Crippen molar-refractivity contribution >= 4 is 0 Å². The Morgan fingerprint density at radius 2 is 2.00 bits per heavy atom. The molecular weight excluding hydrogens is 183 g/mol. The summed E-state index contributed by atoms with van der Waals surface area (Å²) in [6.07, 6.45) is 0. The highest BCUT2D eigenvalue weighted by Crippen LogP contribution is 2.35. The van der Waals surface area contributed by atoms with Gasteiger partial charge in [-0.25, -0.2) is 8.78 Å². The van der Waals surface area contributed by atoms with E-state index in [1.165, 1.54) is 0 Å². The van der Waals surface area contributed by atoms with Crippen LogP contribution in [0.5, 0.6) is 5.75 Å². The van der Waals surface area contributed by atoms with E-state index < -0.39 is 23.5 Å². The Balaban J connectivity index is 2.67. The molecule has 0 aromatic heterocycles. The predicted octanol–water partition coefficient (Wildman–Crippen LogP) is 1.50. The van der Waals surface area contributed by atoms with Gasteiger partial charge in [-0.05, 0) is 6.07 Å². The first-order chi connectivity index (χ1) is 6.11. The number of hydrogen-bond acceptors (Lipinski definition) is 2. The molecule has 0 radical (unpaired) electrons. The first-order valence-electron chi connectivity index (χ1n) is 3.67. The summed E-state index contributed by atoms with van der Waals surface area (Å²) in [5.74, 6) is -4.33. The molecule has 1 atom stereocenters. The molecule has 2 N–H and O–H groups in total. The minimum absolute atomic E-state index is 0.0507. The molecule has 0 spiro atoms. The van der Waals surface area contributed by atoms with Crippen molar-refractivity contribution in [3.05, 3.63) is 29.1 Å². The molecule has 1 aromatic carbocycles. The second-order valence-corrected chi connectivity index (χ2v) is 2.82. The van der Waals surface area contributed by atoms with Crippen LogP contribution in [0, 0.1) is 17.5 Å². The molecule has 0 saturated heterocycles. The molecule has 2 rings (SSSR count). The van der Waals surface area contributed by atoms with Crippen molar-refractivity contribution in [2.24, 2.45) is 5.73 Å². The van der Waals surface area contributed by atoms with Crippen LogP contribution in [-0.2, 0) is 0 Å². The van der Waals surface area contributed by atoms with Crippen molar-refractivity contribution < 1.29 is 17.9 Å². The number of fused-ring (bicyclic) bond motifs is 1. The third-order valence-corrected chi connectivity index (χ3v) is 1.95. The van der Waals surface area contributed by atoms with Crippen LogP contribution in [0.4, 0.5) is 13.2 Å². The number of rotatable bonds is 0. The van der Waals surface area contributed by atoms with Crippen LogP contribution in [0.25, 0.3) is 0 Å². The van der Waals surface area contributed by atoms with Gasteiger partial charge < -0.3 is 10.5 Å². The van der Waals surface area contributed by atoms with Crippen molar-refractivity contribution in [1.29, 1.82) is 0 Å². The highest BCUT2D eigenvalue weighted by molar-refractivity contribution is 5.41. The lowest BCUT2D eigenvalue weighted by Gasteiger charge is -2.02. The monoisotopic (exact) mass is 189 g/mol. The number of nitrogens with two attached hydrogens (primary N) is 1. The summed E-state index contributed by atoms with van der Waals surface area (Å²) in [4.78, 5) is 0. The quantitative estimate of drug-likeness (QED) is 0.627. The summed E-state index contributed by atoms with van der Waals surface area (Å²) < 4.78 is 43.0. The molecule has 0 bridgehead atoms. The molecule has 70 valence electrons. The van der Waals surface area contributed by atoms with E-state index in [0.717, 1.165) is 6.07 Å². The molecule has 13 heavy (non-hydrogen) atoms. The van der Waals surface area contributed by atoms with Gasteiger partial charge in [0.2, 0.25) is 5.82 Å². The number of halogens is 3. The summed E-state index contributed by atoms with van der Waals surface area (Å²) in [6, 6.07) is 0.283. The number of benzene rings is 1. The first-order valence-corrected chi connectivity index (χ1v) is 3.67. The molecule has 0 unspecified atom stereocenters. The maximum absolute atomic E-state index is 12.9. The highest BCUT2D eigenvalue weighted by Gasteiger charge is 2.28. The zero-order chi connectivity index (χ0) is 9.59. The zero-order valence-electron chi connectivity index (χ0n) is 6.48. The van der Waals surface area contributed by atoms with Crippen LogP contribution in [0.15, 0.2) is 6.07 Å². The summed E-state index contributed by atoms with van der Waals surface area (Å²) in [5, 5.41) is 0. The van der Waals surface area contributed by atoms with Crippen molar-refractivity contribution in [3.8, 4) is 5.75 Å². The fourth-order valence-electron chi connectivity index (χ4n) is 1.28. The Bertz CT molecular complexity index is 367. The summed E-state index contributed by atoms with van der Waals surface area (Å²) in [5.41, 5.74) is 5.63. The zero-order valence-corrected chi connectivity index (χ0v) is 6.48. The maximum Gasteiger partial charge on any atom is 0.204 e. The van der Waals surface area contributed by atoms with E-state index in [2.05, 4.69) is 0 Å². The van der Waals surface area contributed by atoms with E-state index in [9.17, 15) is 13.2 Å². The van der Waals surface area contributed by atoms with Gasteiger partial charge in [0.25, 0.3) is 0 Å². The maximum atomic E-state index is 12.9. The topological polar surface area (TPSA) is 35.2 Å². The molecule has 0 fully saturated rings. The average Bonchev–Trinajstić information content (AvgIpc) is 2.45. The van der Waals surface area contributed by atoms with E-state index in [1.54, 1.807) is 0 Å². The van der Waals surface area contributed by atoms with Crippen molar-refractivity contribution in [1.82, 2.24) is 0 Å². The van der Waals surface area contributed by atoms with Crippen molar-refractivity contribution in [2.75, 3.05) is 6.61 Å². The van der Waals surface area contributed by atoms with Crippen LogP contribution in [0.3, 0.4) is 0 Å². The van der Waals surface area contributed by atoms with E-state index in [0.29, 0.717) is 0 Å². The SMILES string of the molecule is N[C@H]1COc2c1cc(F)c(F)c2F. The van der Waals surface area contributed by atoms with Gasteiger partial charge in [0.05, 0.1) is 6.04 Å². The molecule has 1 heterocycles. The molecule has 0 amide bonds. The minimum atomic E-state index is -1.52. The standard InChI is InChI=1S/C8H6F3NO/c9-4-1-3-5(12)2-13-8(3)7(11)6(4)10/h1,5H,2,12H2/t5-/m0/s1. The number of ether oxygens (including phenoxy) is 1. The molecule has 1 aromatic rings. The summed E-state index contributed by atoms with van der Waals surface area (Å²) in [6.45, 7) is 0.0507. The van der Waals surface area contributed by atoms with Gasteiger partial charge in [0.1, 0.15) is 6.61 Å². The third kappa shape index (κ3) is 1.07. The first kappa shape index (κ1) is 8.37. The molecule has 2 nitrogen and oxygen atoms in total. The molecule has 0 saturated carbocycles. The fourth-order valence-corrected chi connectivity index (χ4v) is 1.28. The Morgan fingerprint density at radius 1 is 1.31 bits per heavy atom. The van der Waals surface area contributed by atoms with Crippen LogP contribution in [-0.4, -0.2) is 6.61 Å². The van der Waals surface area contributed by atoms with Crippen LogP contribution >= 0.6 is 0 Å². The van der Waals surface area contributed by atoms with Crippen LogP contribution in [0.1, 0.15) is 11.6 Å². The van der Waals surface area contributed by atoms with Gasteiger partial charge in [0, 0.05) is 5.56 Å². The lowest BCUT2D eigenvalue weighted by molar-refractivity contribution is 0.311. The van der Waals surface area contributed by atoms with Crippen LogP contribution in [0.2, 0.25) is 0 Å². The Hall–Kier alpha value is -1.23. The van der Waals surface area contributed by atoms with Gasteiger partial charge in [-0.15, -0.1) is 0 Å². The predicted molar refractivity (Wildman–Crippen MR) is 38.7 cm³/mol. The Labute approximate surface area is 72.1 Å². The van der Waals surface area contributed by atoms with Crippen molar-refractivity contribution in [3.63, 3.8) is 0 Å². The van der Waals surface area contributed by atoms with Gasteiger partial charge >= 0.3 is 0 Å². The minimum Gasteiger partial charge on any atom is -0.488 e. The van der Waals surface area contributed by atoms with Gasteiger partial charge in [-0.1, -0.05) is 0 Å². The van der Waals surface area contributed by atoms with E-state index in [-0.39, 0.29) is 17.9 Å². The summed E-state index contributed by atoms with van der Waals surface area (Å²) in [7, 11) is 0. The van der Waals surface area contributed by atoms with Gasteiger partial charge in [-0.3, -0.25) is 0 Å². The Kier molecular flexibility index (Phi) is 1.69. The largest absolute Gasteiger partial charge is 0.488 e. The second kappa shape index (κ2) is 2.63. The van der Waals surface area contributed by atoms with Crippen molar-refractivity contribution in [2.45, 2.75) is 6.04 Å². The van der Waals surface area contributed by atoms with Gasteiger partial charge in [-0.2, -0.15) is 4.39 Å². The fraction of sp³-hybridized carbons (Fsp3) is 0.250. The summed E-state index contributed by atoms with van der Waals surface area (Å²) >= 11 is 0. The molecule has 1 aliphatic heterocycles. The second-order valence-electron chi connectivity index (χ2n) is 2.82. The van der Waals surface area contributed by atoms with E-state index >= 15 is 0 Å². The molecule has 1 aliphatic rings. The third-order valence-electron chi connectivity index (χ3n) is 1.95. The Morgan fingerprint density at radius 3 is 2.69 bits per heavy atom. The smallest absolute Gasteiger partial charge is 0.204 e. The average molecular weight is 189 g/mol. The van der Waals surface area contributed by atoms with E-state index in [4.69, 9.17) is 10.5 Å². The highest BCUT2D eigenvalue weighted by atomic mass is 19.2. The molecule has 0 aliphatic carbocycles. The lowest BCUT2D eigenvalue weighted by Crippen LogP contribution is -2.10. The molecule has 5 heteroatoms. The van der Waals surface area contributed by atoms with E-state index in [1.807, 2.05) is 0 Å². The number of hydrogen-bond donors (Lipinski definition) is 1. The van der Waals surface area contributed by atoms with Gasteiger partial charge in [0.15, 0.2) is 17.4 Å². The normalized spacial score (nSPS) is 19.8.